The lowest BCUT2D eigenvalue weighted by atomic mass is 10.3. The molecule has 0 aliphatic heterocycles. The molecule has 0 atom stereocenters. The van der Waals surface area contributed by atoms with Crippen LogP contribution in [0.4, 0.5) is 0 Å². The highest BCUT2D eigenvalue weighted by Crippen LogP contribution is 2.36. The van der Waals surface area contributed by atoms with Gasteiger partial charge in [-0.25, -0.2) is 0 Å². The van der Waals surface area contributed by atoms with Gasteiger partial charge in [-0.2, -0.15) is 0 Å². The summed E-state index contributed by atoms with van der Waals surface area (Å²) in [5.41, 5.74) is 0. The number of methoxy groups -OCH3 is 1. The molecule has 0 radical (unpaired) electrons. The number of ether oxygens (including phenoxy) is 3. The summed E-state index contributed by atoms with van der Waals surface area (Å²) in [6, 6.07) is 3.16. The summed E-state index contributed by atoms with van der Waals surface area (Å²) < 4.78 is 15.5. The van der Waals surface area contributed by atoms with Crippen LogP contribution in [0.15, 0.2) is 35.9 Å². The molecule has 0 saturated carbocycles. The molecule has 7 heteroatoms. The molecular weight excluding hydrogens is 382 g/mol. The molecule has 0 unspecified atom stereocenters. The van der Waals surface area contributed by atoms with Crippen LogP contribution in [0.25, 0.3) is 0 Å². The SMILES string of the molecule is C.C=C.CC.COCOc1c(Cl)cc(OCC=C(Cl)Cl)cc1Cl. The molecule has 0 amide bonds. The number of hydrogen-bond acceptors (Lipinski definition) is 3. The van der Waals surface area contributed by atoms with E-state index in [1.54, 1.807) is 12.1 Å². The molecule has 0 bridgehead atoms. The molecule has 1 aromatic carbocycles. The largest absolute Gasteiger partial charge is 0.489 e. The summed E-state index contributed by atoms with van der Waals surface area (Å²) in [5, 5.41) is 0.658. The van der Waals surface area contributed by atoms with E-state index in [0.29, 0.717) is 21.5 Å². The summed E-state index contributed by atoms with van der Waals surface area (Å²) in [4.78, 5) is 0. The van der Waals surface area contributed by atoms with Gasteiger partial charge in [0, 0.05) is 19.2 Å². The normalized spacial score (nSPS) is 8.30. The maximum absolute atomic E-state index is 6.00. The average Bonchev–Trinajstić information content (AvgIpc) is 2.50. The molecule has 0 aliphatic rings. The van der Waals surface area contributed by atoms with E-state index in [9.17, 15) is 0 Å². The molecule has 134 valence electrons. The zero-order valence-corrected chi connectivity index (χ0v) is 15.8. The van der Waals surface area contributed by atoms with Crippen molar-refractivity contribution in [1.29, 1.82) is 0 Å². The second-order valence-electron chi connectivity index (χ2n) is 3.07. The van der Waals surface area contributed by atoms with Crippen molar-refractivity contribution in [2.24, 2.45) is 0 Å². The standard InChI is InChI=1S/C11H10Cl4O3.C2H6.C2H4.CH4/c1-16-6-18-11-8(12)4-7(5-9(11)13)17-3-2-10(14)15;2*1-2;/h2,4-5H,3,6H2,1H3;1-2H3;1-2H2;1H4. The Labute approximate surface area is 159 Å². The van der Waals surface area contributed by atoms with E-state index in [2.05, 4.69) is 13.2 Å². The molecule has 1 rings (SSSR count). The van der Waals surface area contributed by atoms with Crippen LogP contribution in [0, 0.1) is 0 Å². The second kappa shape index (κ2) is 17.8. The van der Waals surface area contributed by atoms with Crippen LogP contribution in [0.1, 0.15) is 21.3 Å². The second-order valence-corrected chi connectivity index (χ2v) is 4.89. The van der Waals surface area contributed by atoms with Gasteiger partial charge in [0.2, 0.25) is 0 Å². The molecule has 0 spiro atoms. The first-order chi connectivity index (χ1) is 10.5. The molecule has 0 aromatic heterocycles. The van der Waals surface area contributed by atoms with Gasteiger partial charge in [-0.3, -0.25) is 0 Å². The summed E-state index contributed by atoms with van der Waals surface area (Å²) in [6.45, 7) is 10.3. The fourth-order valence-electron chi connectivity index (χ4n) is 1.08. The molecule has 0 heterocycles. The zero-order chi connectivity index (χ0) is 17.5. The third kappa shape index (κ3) is 12.5. The van der Waals surface area contributed by atoms with Crippen molar-refractivity contribution in [1.82, 2.24) is 0 Å². The van der Waals surface area contributed by atoms with Crippen LogP contribution >= 0.6 is 46.4 Å². The van der Waals surface area contributed by atoms with Crippen LogP contribution in [0.2, 0.25) is 10.0 Å². The van der Waals surface area contributed by atoms with Crippen LogP contribution in [0.3, 0.4) is 0 Å². The smallest absolute Gasteiger partial charge is 0.188 e. The van der Waals surface area contributed by atoms with Crippen LogP contribution in [-0.2, 0) is 4.74 Å². The number of hydrogen-bond donors (Lipinski definition) is 0. The van der Waals surface area contributed by atoms with E-state index < -0.39 is 0 Å². The van der Waals surface area contributed by atoms with Crippen molar-refractivity contribution < 1.29 is 14.2 Å². The lowest BCUT2D eigenvalue weighted by Gasteiger charge is -2.11. The van der Waals surface area contributed by atoms with Gasteiger partial charge in [-0.1, -0.05) is 67.7 Å². The van der Waals surface area contributed by atoms with Crippen molar-refractivity contribution in [2.75, 3.05) is 20.5 Å². The Morgan fingerprint density at radius 2 is 1.57 bits per heavy atom. The minimum absolute atomic E-state index is 0. The Morgan fingerprint density at radius 3 is 1.96 bits per heavy atom. The van der Waals surface area contributed by atoms with E-state index >= 15 is 0 Å². The Hall–Kier alpha value is -0.580. The van der Waals surface area contributed by atoms with Gasteiger partial charge in [0.15, 0.2) is 12.5 Å². The van der Waals surface area contributed by atoms with Gasteiger partial charge in [0.1, 0.15) is 16.8 Å². The van der Waals surface area contributed by atoms with E-state index in [1.807, 2.05) is 13.8 Å². The Morgan fingerprint density at radius 1 is 1.09 bits per heavy atom. The Kier molecular flexibility index (Phi) is 21.1. The average molecular weight is 406 g/mol. The highest BCUT2D eigenvalue weighted by molar-refractivity contribution is 6.55. The minimum Gasteiger partial charge on any atom is -0.489 e. The van der Waals surface area contributed by atoms with Gasteiger partial charge in [-0.15, -0.1) is 13.2 Å². The van der Waals surface area contributed by atoms with Crippen molar-refractivity contribution in [3.05, 3.63) is 45.9 Å². The highest BCUT2D eigenvalue weighted by Gasteiger charge is 2.10. The van der Waals surface area contributed by atoms with Crippen molar-refractivity contribution in [3.8, 4) is 11.5 Å². The third-order valence-corrected chi connectivity index (χ3v) is 2.65. The lowest BCUT2D eigenvalue weighted by molar-refractivity contribution is 0.0512. The van der Waals surface area contributed by atoms with Gasteiger partial charge < -0.3 is 14.2 Å². The number of halogens is 4. The molecular formula is C16H24Cl4O3. The summed E-state index contributed by atoms with van der Waals surface area (Å²) >= 11 is 22.9. The molecule has 23 heavy (non-hydrogen) atoms. The molecule has 3 nitrogen and oxygen atoms in total. The topological polar surface area (TPSA) is 27.7 Å². The van der Waals surface area contributed by atoms with E-state index in [1.165, 1.54) is 13.2 Å². The van der Waals surface area contributed by atoms with Crippen molar-refractivity contribution in [2.45, 2.75) is 21.3 Å². The Balaban J connectivity index is -0.000000739. The predicted octanol–water partition coefficient (Wildman–Crippen LogP) is 7.14. The quantitative estimate of drug-likeness (QED) is 0.371. The number of rotatable bonds is 6. The third-order valence-electron chi connectivity index (χ3n) is 1.78. The lowest BCUT2D eigenvalue weighted by Crippen LogP contribution is -2.01. The van der Waals surface area contributed by atoms with Crippen molar-refractivity contribution in [3.63, 3.8) is 0 Å². The summed E-state index contributed by atoms with van der Waals surface area (Å²) in [5.74, 6) is 0.832. The number of benzene rings is 1. The molecule has 0 N–H and O–H groups in total. The van der Waals surface area contributed by atoms with Gasteiger partial charge in [0.05, 0.1) is 10.0 Å². The van der Waals surface area contributed by atoms with Gasteiger partial charge >= 0.3 is 0 Å². The Bertz CT molecular complexity index is 424. The molecule has 0 saturated heterocycles. The highest BCUT2D eigenvalue weighted by atomic mass is 35.5. The van der Waals surface area contributed by atoms with Crippen LogP contribution in [0.5, 0.6) is 11.5 Å². The van der Waals surface area contributed by atoms with E-state index in [0.717, 1.165) is 0 Å². The maximum Gasteiger partial charge on any atom is 0.188 e. The van der Waals surface area contributed by atoms with Crippen LogP contribution in [-0.4, -0.2) is 20.5 Å². The molecule has 0 fully saturated rings. The van der Waals surface area contributed by atoms with E-state index in [4.69, 9.17) is 60.6 Å². The fourth-order valence-corrected chi connectivity index (χ4v) is 1.78. The first-order valence-corrected chi connectivity index (χ1v) is 7.80. The monoisotopic (exact) mass is 404 g/mol. The summed E-state index contributed by atoms with van der Waals surface area (Å²) in [7, 11) is 1.50. The minimum atomic E-state index is 0. The van der Waals surface area contributed by atoms with E-state index in [-0.39, 0.29) is 25.3 Å². The first-order valence-electron chi connectivity index (χ1n) is 6.29. The fraction of sp³-hybridized carbons (Fsp3) is 0.375. The molecule has 0 aliphatic carbocycles. The predicted molar refractivity (Wildman–Crippen MR) is 104 cm³/mol. The summed E-state index contributed by atoms with van der Waals surface area (Å²) in [6.07, 6.45) is 1.50. The van der Waals surface area contributed by atoms with Crippen LogP contribution < -0.4 is 9.47 Å². The van der Waals surface area contributed by atoms with Gasteiger partial charge in [-0.05, 0) is 6.08 Å². The zero-order valence-electron chi connectivity index (χ0n) is 12.8. The van der Waals surface area contributed by atoms with Crippen molar-refractivity contribution >= 4 is 46.4 Å². The maximum atomic E-state index is 6.00. The van der Waals surface area contributed by atoms with Gasteiger partial charge in [0.25, 0.3) is 0 Å². The first kappa shape index (κ1) is 27.3. The molecule has 1 aromatic rings.